The van der Waals surface area contributed by atoms with Gasteiger partial charge in [-0.05, 0) is 50.8 Å². The van der Waals surface area contributed by atoms with Crippen LogP contribution in [0.25, 0.3) is 0 Å². The summed E-state index contributed by atoms with van der Waals surface area (Å²) in [4.78, 5) is 40.6. The van der Waals surface area contributed by atoms with Crippen LogP contribution in [0.4, 0.5) is 4.79 Å². The van der Waals surface area contributed by atoms with Crippen molar-refractivity contribution in [3.05, 3.63) is 29.8 Å². The molecule has 0 heterocycles. The molecule has 0 aliphatic heterocycles. The molecule has 0 fully saturated rings. The van der Waals surface area contributed by atoms with Gasteiger partial charge in [0, 0.05) is 13.1 Å². The molecule has 2 atom stereocenters. The zero-order chi connectivity index (χ0) is 25.9. The van der Waals surface area contributed by atoms with Crippen LogP contribution in [0.2, 0.25) is 0 Å². The molecular formula is C25H41N3O6. The third kappa shape index (κ3) is 9.59. The maximum atomic E-state index is 13.7. The molecule has 0 spiro atoms. The lowest BCUT2D eigenvalue weighted by Crippen LogP contribution is -2.55. The number of phenols is 1. The van der Waals surface area contributed by atoms with Crippen molar-refractivity contribution in [1.29, 1.82) is 0 Å². The number of unbranched alkanes of at least 4 members (excludes halogenated alkanes) is 2. The van der Waals surface area contributed by atoms with Crippen LogP contribution < -0.4 is 10.6 Å². The Balaban J connectivity index is 3.29. The second-order valence-electron chi connectivity index (χ2n) is 9.62. The topological polar surface area (TPSA) is 128 Å². The minimum Gasteiger partial charge on any atom is -0.508 e. The van der Waals surface area contributed by atoms with Crippen LogP contribution in [-0.2, 0) is 14.3 Å². The fraction of sp³-hybridized carbons (Fsp3) is 0.640. The molecule has 0 aliphatic rings. The Labute approximate surface area is 202 Å². The zero-order valence-electron chi connectivity index (χ0n) is 21.3. The molecule has 0 saturated carbocycles. The SMILES string of the molecule is CCCCCNC(=O)C(c1ccc(O)cc1)N(CCO)C(=O)C(NC(=O)OC(C)(C)C)C(C)C. The second-order valence-corrected chi connectivity index (χ2v) is 9.62. The van der Waals surface area contributed by atoms with Gasteiger partial charge in [0.1, 0.15) is 23.4 Å². The van der Waals surface area contributed by atoms with Crippen molar-refractivity contribution < 1.29 is 29.3 Å². The smallest absolute Gasteiger partial charge is 0.408 e. The minimum atomic E-state index is -1.05. The lowest BCUT2D eigenvalue weighted by molar-refractivity contribution is -0.143. The number of benzene rings is 1. The van der Waals surface area contributed by atoms with E-state index in [1.807, 2.05) is 0 Å². The van der Waals surface area contributed by atoms with Crippen molar-refractivity contribution in [2.75, 3.05) is 19.7 Å². The Hall–Kier alpha value is -2.81. The average Bonchev–Trinajstić information content (AvgIpc) is 2.74. The number of ether oxygens (including phenoxy) is 1. The Morgan fingerprint density at radius 3 is 2.21 bits per heavy atom. The monoisotopic (exact) mass is 479 g/mol. The molecule has 4 N–H and O–H groups in total. The Morgan fingerprint density at radius 1 is 1.09 bits per heavy atom. The Bertz CT molecular complexity index is 789. The highest BCUT2D eigenvalue weighted by molar-refractivity contribution is 5.92. The van der Waals surface area contributed by atoms with Gasteiger partial charge in [-0.1, -0.05) is 45.7 Å². The van der Waals surface area contributed by atoms with Gasteiger partial charge in [0.2, 0.25) is 11.8 Å². The normalized spacial score (nSPS) is 13.2. The quantitative estimate of drug-likeness (QED) is 0.341. The summed E-state index contributed by atoms with van der Waals surface area (Å²) in [5.74, 6) is -1.20. The number of amides is 3. The van der Waals surface area contributed by atoms with Crippen molar-refractivity contribution in [2.24, 2.45) is 5.92 Å². The number of alkyl carbamates (subject to hydrolysis) is 1. The standard InChI is InChI=1S/C25H41N3O6/c1-7-8-9-14-26-22(31)21(18-10-12-19(30)13-11-18)28(15-16-29)23(32)20(17(2)3)27-24(33)34-25(4,5)6/h10-13,17,20-21,29-30H,7-9,14-16H2,1-6H3,(H,26,31)(H,27,33). The Morgan fingerprint density at radius 2 is 1.71 bits per heavy atom. The highest BCUT2D eigenvalue weighted by atomic mass is 16.6. The number of rotatable bonds is 12. The predicted molar refractivity (Wildman–Crippen MR) is 130 cm³/mol. The molecule has 2 unspecified atom stereocenters. The van der Waals surface area contributed by atoms with Gasteiger partial charge >= 0.3 is 6.09 Å². The summed E-state index contributed by atoms with van der Waals surface area (Å²) >= 11 is 0. The fourth-order valence-corrected chi connectivity index (χ4v) is 3.41. The van der Waals surface area contributed by atoms with E-state index in [1.54, 1.807) is 46.8 Å². The summed E-state index contributed by atoms with van der Waals surface area (Å²) in [6.07, 6.45) is 2.01. The van der Waals surface area contributed by atoms with Gasteiger partial charge < -0.3 is 30.5 Å². The number of carbonyl (C=O) groups is 3. The molecule has 9 nitrogen and oxygen atoms in total. The molecule has 192 valence electrons. The van der Waals surface area contributed by atoms with E-state index in [0.717, 1.165) is 19.3 Å². The second kappa shape index (κ2) is 13.8. The third-order valence-corrected chi connectivity index (χ3v) is 5.08. The number of nitrogens with zero attached hydrogens (tertiary/aromatic N) is 1. The van der Waals surface area contributed by atoms with E-state index >= 15 is 0 Å². The van der Waals surface area contributed by atoms with Gasteiger partial charge in [0.25, 0.3) is 0 Å². The fourth-order valence-electron chi connectivity index (χ4n) is 3.41. The van der Waals surface area contributed by atoms with Crippen LogP contribution in [0.1, 0.15) is 72.4 Å². The van der Waals surface area contributed by atoms with Gasteiger partial charge in [-0.3, -0.25) is 9.59 Å². The number of aliphatic hydroxyl groups excluding tert-OH is 1. The first-order valence-corrected chi connectivity index (χ1v) is 11.9. The molecule has 9 heteroatoms. The van der Waals surface area contributed by atoms with Crippen LogP contribution in [0, 0.1) is 5.92 Å². The molecule has 0 aromatic heterocycles. The maximum absolute atomic E-state index is 13.7. The van der Waals surface area contributed by atoms with Crippen molar-refractivity contribution in [2.45, 2.75) is 78.5 Å². The van der Waals surface area contributed by atoms with Crippen LogP contribution in [0.15, 0.2) is 24.3 Å². The molecular weight excluding hydrogens is 438 g/mol. The molecule has 0 aliphatic carbocycles. The number of hydrogen-bond donors (Lipinski definition) is 4. The van der Waals surface area contributed by atoms with Gasteiger partial charge in [-0.2, -0.15) is 0 Å². The summed E-state index contributed by atoms with van der Waals surface area (Å²) in [5, 5.41) is 24.9. The van der Waals surface area contributed by atoms with Crippen LogP contribution in [-0.4, -0.2) is 64.4 Å². The van der Waals surface area contributed by atoms with Gasteiger partial charge in [0.05, 0.1) is 6.61 Å². The molecule has 0 saturated heterocycles. The van der Waals surface area contributed by atoms with Gasteiger partial charge in [-0.25, -0.2) is 4.79 Å². The highest BCUT2D eigenvalue weighted by Crippen LogP contribution is 2.25. The highest BCUT2D eigenvalue weighted by Gasteiger charge is 2.37. The summed E-state index contributed by atoms with van der Waals surface area (Å²) < 4.78 is 5.31. The summed E-state index contributed by atoms with van der Waals surface area (Å²) in [5.41, 5.74) is -0.265. The first-order valence-electron chi connectivity index (χ1n) is 11.9. The van der Waals surface area contributed by atoms with E-state index in [-0.39, 0.29) is 24.8 Å². The molecule has 3 amide bonds. The van der Waals surface area contributed by atoms with E-state index in [0.29, 0.717) is 12.1 Å². The van der Waals surface area contributed by atoms with Crippen molar-refractivity contribution >= 4 is 17.9 Å². The lowest BCUT2D eigenvalue weighted by atomic mass is 9.98. The van der Waals surface area contributed by atoms with E-state index < -0.39 is 35.6 Å². The van der Waals surface area contributed by atoms with E-state index in [1.165, 1.54) is 17.0 Å². The van der Waals surface area contributed by atoms with Crippen LogP contribution >= 0.6 is 0 Å². The third-order valence-electron chi connectivity index (χ3n) is 5.08. The van der Waals surface area contributed by atoms with Crippen molar-refractivity contribution in [1.82, 2.24) is 15.5 Å². The van der Waals surface area contributed by atoms with E-state index in [4.69, 9.17) is 4.74 Å². The molecule has 1 aromatic rings. The number of nitrogens with one attached hydrogen (secondary N) is 2. The molecule has 0 bridgehead atoms. The zero-order valence-corrected chi connectivity index (χ0v) is 21.3. The first-order chi connectivity index (χ1) is 15.9. The maximum Gasteiger partial charge on any atom is 0.408 e. The summed E-state index contributed by atoms with van der Waals surface area (Å²) in [7, 11) is 0. The first kappa shape index (κ1) is 29.2. The number of aliphatic hydroxyl groups is 1. The van der Waals surface area contributed by atoms with E-state index in [2.05, 4.69) is 17.6 Å². The lowest BCUT2D eigenvalue weighted by Gasteiger charge is -2.35. The molecule has 34 heavy (non-hydrogen) atoms. The largest absolute Gasteiger partial charge is 0.508 e. The van der Waals surface area contributed by atoms with Gasteiger partial charge in [0.15, 0.2) is 0 Å². The number of phenolic OH excluding ortho intramolecular Hbond substituents is 1. The van der Waals surface area contributed by atoms with Crippen molar-refractivity contribution in [3.8, 4) is 5.75 Å². The summed E-state index contributed by atoms with van der Waals surface area (Å²) in [6.45, 7) is 10.7. The Kier molecular flexibility index (Phi) is 11.9. The predicted octanol–water partition coefficient (Wildman–Crippen LogP) is 3.11. The average molecular weight is 480 g/mol. The van der Waals surface area contributed by atoms with Gasteiger partial charge in [-0.15, -0.1) is 0 Å². The summed E-state index contributed by atoms with van der Waals surface area (Å²) in [6, 6.07) is 3.97. The van der Waals surface area contributed by atoms with Crippen LogP contribution in [0.3, 0.4) is 0 Å². The number of hydrogen-bond acceptors (Lipinski definition) is 6. The molecule has 1 rings (SSSR count). The van der Waals surface area contributed by atoms with Crippen molar-refractivity contribution in [3.63, 3.8) is 0 Å². The number of aromatic hydroxyl groups is 1. The van der Waals surface area contributed by atoms with E-state index in [9.17, 15) is 24.6 Å². The number of carbonyl (C=O) groups excluding carboxylic acids is 3. The molecule has 0 radical (unpaired) electrons. The molecule has 1 aromatic carbocycles. The minimum absolute atomic E-state index is 0.0255. The van der Waals surface area contributed by atoms with Crippen LogP contribution in [0.5, 0.6) is 5.75 Å².